The van der Waals surface area contributed by atoms with Gasteiger partial charge in [0.2, 0.25) is 0 Å². The monoisotopic (exact) mass is 305 g/mol. The molecule has 1 amide bonds. The molecule has 23 heavy (non-hydrogen) atoms. The first-order chi connectivity index (χ1) is 11.1. The number of anilines is 1. The zero-order chi connectivity index (χ0) is 16.2. The molecule has 5 heteroatoms. The summed E-state index contributed by atoms with van der Waals surface area (Å²) in [5.41, 5.74) is 2.73. The number of carbonyl (C=O) groups excluding carboxylic acids is 1. The number of benzene rings is 2. The third kappa shape index (κ3) is 3.35. The van der Waals surface area contributed by atoms with Crippen LogP contribution in [-0.2, 0) is 7.05 Å². The number of amides is 1. The second kappa shape index (κ2) is 6.27. The van der Waals surface area contributed by atoms with E-state index < -0.39 is 0 Å². The van der Waals surface area contributed by atoms with E-state index in [-0.39, 0.29) is 11.5 Å². The van der Waals surface area contributed by atoms with Gasteiger partial charge in [-0.3, -0.25) is 9.59 Å². The fourth-order valence-electron chi connectivity index (χ4n) is 2.17. The van der Waals surface area contributed by atoms with Gasteiger partial charge in [0.25, 0.3) is 11.5 Å². The highest BCUT2D eigenvalue weighted by atomic mass is 16.1. The van der Waals surface area contributed by atoms with Crippen LogP contribution in [0, 0.1) is 0 Å². The van der Waals surface area contributed by atoms with E-state index in [4.69, 9.17) is 0 Å². The summed E-state index contributed by atoms with van der Waals surface area (Å²) >= 11 is 0. The number of rotatable bonds is 3. The molecule has 0 saturated carbocycles. The summed E-state index contributed by atoms with van der Waals surface area (Å²) in [6.45, 7) is 0. The van der Waals surface area contributed by atoms with Crippen molar-refractivity contribution in [1.82, 2.24) is 9.78 Å². The van der Waals surface area contributed by atoms with Gasteiger partial charge in [0.15, 0.2) is 0 Å². The molecule has 0 aliphatic carbocycles. The van der Waals surface area contributed by atoms with Gasteiger partial charge in [-0.05, 0) is 30.3 Å². The Kier molecular flexibility index (Phi) is 4.01. The van der Waals surface area contributed by atoms with Crippen molar-refractivity contribution in [3.63, 3.8) is 0 Å². The summed E-state index contributed by atoms with van der Waals surface area (Å²) in [6.07, 6.45) is 0. The van der Waals surface area contributed by atoms with Gasteiger partial charge in [0, 0.05) is 29.9 Å². The number of hydrogen-bond acceptors (Lipinski definition) is 3. The van der Waals surface area contributed by atoms with Gasteiger partial charge in [-0.25, -0.2) is 4.68 Å². The Bertz CT molecular complexity index is 884. The first kappa shape index (κ1) is 14.7. The minimum absolute atomic E-state index is 0.152. The molecule has 3 aromatic rings. The second-order valence-electron chi connectivity index (χ2n) is 5.08. The highest BCUT2D eigenvalue weighted by molar-refractivity contribution is 6.04. The Morgan fingerprint density at radius 2 is 1.65 bits per heavy atom. The lowest BCUT2D eigenvalue weighted by Gasteiger charge is -2.07. The van der Waals surface area contributed by atoms with E-state index in [1.807, 2.05) is 42.5 Å². The van der Waals surface area contributed by atoms with Gasteiger partial charge in [-0.2, -0.15) is 5.10 Å². The van der Waals surface area contributed by atoms with Crippen LogP contribution in [0.1, 0.15) is 10.4 Å². The van der Waals surface area contributed by atoms with Crippen LogP contribution < -0.4 is 10.9 Å². The molecule has 0 aliphatic heterocycles. The number of aryl methyl sites for hydroxylation is 1. The quantitative estimate of drug-likeness (QED) is 0.809. The molecular weight excluding hydrogens is 290 g/mol. The number of nitrogens with zero attached hydrogens (tertiary/aromatic N) is 2. The molecule has 1 N–H and O–H groups in total. The molecule has 0 spiro atoms. The lowest BCUT2D eigenvalue weighted by atomic mass is 10.1. The minimum atomic E-state index is -0.154. The predicted octanol–water partition coefficient (Wildman–Crippen LogP) is 2.70. The Balaban J connectivity index is 1.78. The van der Waals surface area contributed by atoms with Gasteiger partial charge in [0.1, 0.15) is 0 Å². The van der Waals surface area contributed by atoms with Crippen molar-refractivity contribution in [3.05, 3.63) is 82.6 Å². The average molecular weight is 305 g/mol. The average Bonchev–Trinajstić information content (AvgIpc) is 2.59. The van der Waals surface area contributed by atoms with Crippen LogP contribution >= 0.6 is 0 Å². The smallest absolute Gasteiger partial charge is 0.266 e. The molecule has 1 aromatic heterocycles. The fraction of sp³-hybridized carbons (Fsp3) is 0.0556. The first-order valence-electron chi connectivity index (χ1n) is 7.15. The fourth-order valence-corrected chi connectivity index (χ4v) is 2.17. The Morgan fingerprint density at radius 3 is 2.30 bits per heavy atom. The summed E-state index contributed by atoms with van der Waals surface area (Å²) in [5.74, 6) is -0.154. The Labute approximate surface area is 133 Å². The normalized spacial score (nSPS) is 10.3. The summed E-state index contributed by atoms with van der Waals surface area (Å²) in [5, 5.41) is 7.04. The molecule has 0 unspecified atom stereocenters. The van der Waals surface area contributed by atoms with Crippen LogP contribution in [0.15, 0.2) is 71.5 Å². The summed E-state index contributed by atoms with van der Waals surface area (Å²) in [4.78, 5) is 23.5. The SMILES string of the molecule is Cn1nc(-c2ccc(NC(=O)c3ccccc3)cc2)ccc1=O. The highest BCUT2D eigenvalue weighted by Gasteiger charge is 2.06. The Morgan fingerprint density at radius 1 is 0.957 bits per heavy atom. The highest BCUT2D eigenvalue weighted by Crippen LogP contribution is 2.19. The molecule has 3 rings (SSSR count). The molecule has 0 fully saturated rings. The lowest BCUT2D eigenvalue weighted by Crippen LogP contribution is -2.18. The van der Waals surface area contributed by atoms with Gasteiger partial charge < -0.3 is 5.32 Å². The van der Waals surface area contributed by atoms with E-state index in [1.165, 1.54) is 10.7 Å². The van der Waals surface area contributed by atoms with Crippen LogP contribution in [-0.4, -0.2) is 15.7 Å². The van der Waals surface area contributed by atoms with E-state index in [1.54, 1.807) is 25.2 Å². The zero-order valence-electron chi connectivity index (χ0n) is 12.6. The number of nitrogens with one attached hydrogen (secondary N) is 1. The zero-order valence-corrected chi connectivity index (χ0v) is 12.6. The molecule has 0 atom stereocenters. The van der Waals surface area contributed by atoms with E-state index >= 15 is 0 Å². The standard InChI is InChI=1S/C18H15N3O2/c1-21-17(22)12-11-16(20-21)13-7-9-15(10-8-13)19-18(23)14-5-3-2-4-6-14/h2-12H,1H3,(H,19,23). The molecule has 0 saturated heterocycles. The second-order valence-corrected chi connectivity index (χ2v) is 5.08. The van der Waals surface area contributed by atoms with E-state index in [0.717, 1.165) is 5.56 Å². The molecule has 5 nitrogen and oxygen atoms in total. The third-order valence-electron chi connectivity index (χ3n) is 3.43. The van der Waals surface area contributed by atoms with Crippen molar-refractivity contribution >= 4 is 11.6 Å². The minimum Gasteiger partial charge on any atom is -0.322 e. The van der Waals surface area contributed by atoms with Gasteiger partial charge >= 0.3 is 0 Å². The van der Waals surface area contributed by atoms with Gasteiger partial charge in [-0.15, -0.1) is 0 Å². The third-order valence-corrected chi connectivity index (χ3v) is 3.43. The lowest BCUT2D eigenvalue weighted by molar-refractivity contribution is 0.102. The molecule has 1 heterocycles. The number of hydrogen-bond donors (Lipinski definition) is 1. The maximum atomic E-state index is 12.1. The van der Waals surface area contributed by atoms with Crippen LogP contribution in [0.25, 0.3) is 11.3 Å². The van der Waals surface area contributed by atoms with Crippen molar-refractivity contribution in [2.24, 2.45) is 7.05 Å². The van der Waals surface area contributed by atoms with Crippen molar-refractivity contribution in [3.8, 4) is 11.3 Å². The molecule has 2 aromatic carbocycles. The Hall–Kier alpha value is -3.21. The summed E-state index contributed by atoms with van der Waals surface area (Å²) in [6, 6.07) is 19.5. The van der Waals surface area contributed by atoms with Crippen LogP contribution in [0.3, 0.4) is 0 Å². The number of aromatic nitrogens is 2. The van der Waals surface area contributed by atoms with Gasteiger partial charge in [0.05, 0.1) is 5.69 Å². The predicted molar refractivity (Wildman–Crippen MR) is 89.3 cm³/mol. The molecular formula is C18H15N3O2. The summed E-state index contributed by atoms with van der Waals surface area (Å²) in [7, 11) is 1.61. The maximum Gasteiger partial charge on any atom is 0.266 e. The van der Waals surface area contributed by atoms with E-state index in [2.05, 4.69) is 10.4 Å². The first-order valence-corrected chi connectivity index (χ1v) is 7.15. The summed E-state index contributed by atoms with van der Waals surface area (Å²) < 4.78 is 1.29. The van der Waals surface area contributed by atoms with E-state index in [9.17, 15) is 9.59 Å². The van der Waals surface area contributed by atoms with Crippen LogP contribution in [0.4, 0.5) is 5.69 Å². The van der Waals surface area contributed by atoms with Crippen molar-refractivity contribution in [2.75, 3.05) is 5.32 Å². The largest absolute Gasteiger partial charge is 0.322 e. The molecule has 114 valence electrons. The van der Waals surface area contributed by atoms with Crippen LogP contribution in [0.5, 0.6) is 0 Å². The topological polar surface area (TPSA) is 64.0 Å². The van der Waals surface area contributed by atoms with Crippen molar-refractivity contribution in [2.45, 2.75) is 0 Å². The van der Waals surface area contributed by atoms with E-state index in [0.29, 0.717) is 16.9 Å². The number of carbonyl (C=O) groups is 1. The molecule has 0 bridgehead atoms. The maximum absolute atomic E-state index is 12.1. The van der Waals surface area contributed by atoms with Crippen molar-refractivity contribution in [1.29, 1.82) is 0 Å². The van der Waals surface area contributed by atoms with Crippen molar-refractivity contribution < 1.29 is 4.79 Å². The van der Waals surface area contributed by atoms with Gasteiger partial charge in [-0.1, -0.05) is 30.3 Å². The van der Waals surface area contributed by atoms with Crippen LogP contribution in [0.2, 0.25) is 0 Å². The molecule has 0 radical (unpaired) electrons. The molecule has 0 aliphatic rings.